The molecule has 1 nitrogen and oxygen atoms in total. The fourth-order valence-electron chi connectivity index (χ4n) is 2.68. The van der Waals surface area contributed by atoms with Gasteiger partial charge in [-0.3, -0.25) is 4.79 Å². The third-order valence-electron chi connectivity index (χ3n) is 3.45. The summed E-state index contributed by atoms with van der Waals surface area (Å²) in [4.78, 5) is 11.5. The lowest BCUT2D eigenvalue weighted by Crippen LogP contribution is -2.30. The summed E-state index contributed by atoms with van der Waals surface area (Å²) in [5, 5.41) is 0. The Bertz CT molecular complexity index is 264. The fourth-order valence-corrected chi connectivity index (χ4v) is 2.68. The summed E-state index contributed by atoms with van der Waals surface area (Å²) in [6, 6.07) is 0. The second-order valence-corrected chi connectivity index (χ2v) is 3.99. The van der Waals surface area contributed by atoms with Crippen molar-refractivity contribution in [3.63, 3.8) is 0 Å². The second kappa shape index (κ2) is 2.32. The third-order valence-corrected chi connectivity index (χ3v) is 3.45. The average molecular weight is 162 g/mol. The van der Waals surface area contributed by atoms with E-state index in [2.05, 4.69) is 18.7 Å². The molecule has 0 amide bonds. The molecular weight excluding hydrogens is 148 g/mol. The van der Waals surface area contributed by atoms with Crippen molar-refractivity contribution in [2.24, 2.45) is 17.3 Å². The van der Waals surface area contributed by atoms with E-state index in [-0.39, 0.29) is 11.2 Å². The zero-order valence-corrected chi connectivity index (χ0v) is 7.42. The second-order valence-electron chi connectivity index (χ2n) is 3.99. The van der Waals surface area contributed by atoms with Crippen molar-refractivity contribution in [2.75, 3.05) is 0 Å². The molecule has 0 spiro atoms. The van der Waals surface area contributed by atoms with Gasteiger partial charge in [0, 0.05) is 0 Å². The van der Waals surface area contributed by atoms with Gasteiger partial charge in [-0.05, 0) is 31.6 Å². The number of fused-ring (bicyclic) bond motifs is 2. The lowest BCUT2D eigenvalue weighted by atomic mass is 9.73. The Morgan fingerprint density at radius 2 is 2.42 bits per heavy atom. The summed E-state index contributed by atoms with van der Waals surface area (Å²) in [5.41, 5.74) is -0.209. The minimum absolute atomic E-state index is 0.209. The molecule has 0 aliphatic heterocycles. The van der Waals surface area contributed by atoms with Gasteiger partial charge in [-0.2, -0.15) is 0 Å². The number of Topliss-reactive ketones (excluding diaryl/α,β-unsaturated/α-hetero) is 1. The van der Waals surface area contributed by atoms with Crippen molar-refractivity contribution >= 4 is 5.78 Å². The van der Waals surface area contributed by atoms with E-state index in [1.54, 1.807) is 6.92 Å². The van der Waals surface area contributed by atoms with Gasteiger partial charge in [0.15, 0.2) is 0 Å². The Morgan fingerprint density at radius 1 is 1.67 bits per heavy atom. The maximum Gasteiger partial charge on any atom is 0.140 e. The molecule has 1 fully saturated rings. The maximum absolute atomic E-state index is 11.5. The van der Waals surface area contributed by atoms with E-state index in [1.807, 2.05) is 6.08 Å². The highest BCUT2D eigenvalue weighted by Crippen LogP contribution is 2.53. The molecule has 0 aromatic rings. The number of hydrogen-bond acceptors (Lipinski definition) is 1. The van der Waals surface area contributed by atoms with Crippen LogP contribution >= 0.6 is 0 Å². The molecule has 2 bridgehead atoms. The fraction of sp³-hybridized carbons (Fsp3) is 0.545. The first-order valence-corrected chi connectivity index (χ1v) is 4.52. The number of hydrogen-bond donors (Lipinski definition) is 0. The van der Waals surface area contributed by atoms with Crippen LogP contribution in [0.2, 0.25) is 0 Å². The number of ketones is 1. The van der Waals surface area contributed by atoms with Gasteiger partial charge in [0.05, 0.1) is 5.41 Å². The molecule has 0 heterocycles. The Hall–Kier alpha value is -0.850. The highest BCUT2D eigenvalue weighted by Gasteiger charge is 2.49. The highest BCUT2D eigenvalue weighted by molar-refractivity contribution is 5.85. The van der Waals surface area contributed by atoms with Gasteiger partial charge in [-0.15, -0.1) is 6.58 Å². The van der Waals surface area contributed by atoms with Crippen LogP contribution in [0.4, 0.5) is 0 Å². The quantitative estimate of drug-likeness (QED) is 0.569. The minimum atomic E-state index is -0.209. The number of allylic oxidation sites excluding steroid dienone is 3. The third kappa shape index (κ3) is 0.767. The molecule has 0 radical (unpaired) electrons. The summed E-state index contributed by atoms with van der Waals surface area (Å²) in [7, 11) is 0. The average Bonchev–Trinajstić information content (AvgIpc) is 2.62. The predicted octanol–water partition coefficient (Wildman–Crippen LogP) is 2.34. The molecule has 12 heavy (non-hydrogen) atoms. The monoisotopic (exact) mass is 162 g/mol. The van der Waals surface area contributed by atoms with Gasteiger partial charge in [0.2, 0.25) is 0 Å². The minimum Gasteiger partial charge on any atom is -0.299 e. The van der Waals surface area contributed by atoms with Gasteiger partial charge < -0.3 is 0 Å². The van der Waals surface area contributed by atoms with Crippen LogP contribution in [-0.4, -0.2) is 5.78 Å². The smallest absolute Gasteiger partial charge is 0.140 e. The van der Waals surface area contributed by atoms with Crippen LogP contribution in [0.15, 0.2) is 24.8 Å². The summed E-state index contributed by atoms with van der Waals surface area (Å²) in [6.45, 7) is 5.49. The Labute approximate surface area is 73.2 Å². The van der Waals surface area contributed by atoms with Crippen LogP contribution in [0.3, 0.4) is 0 Å². The van der Waals surface area contributed by atoms with Crippen molar-refractivity contribution in [3.05, 3.63) is 24.8 Å². The predicted molar refractivity (Wildman–Crippen MR) is 48.7 cm³/mol. The number of carbonyl (C=O) groups is 1. The van der Waals surface area contributed by atoms with E-state index in [0.717, 1.165) is 12.8 Å². The van der Waals surface area contributed by atoms with E-state index in [0.29, 0.717) is 11.8 Å². The van der Waals surface area contributed by atoms with Gasteiger partial charge in [-0.25, -0.2) is 0 Å². The van der Waals surface area contributed by atoms with Crippen molar-refractivity contribution in [2.45, 2.75) is 19.8 Å². The topological polar surface area (TPSA) is 17.1 Å². The molecule has 64 valence electrons. The van der Waals surface area contributed by atoms with Crippen LogP contribution in [-0.2, 0) is 4.79 Å². The molecule has 1 heteroatoms. The van der Waals surface area contributed by atoms with Crippen LogP contribution in [0, 0.1) is 17.3 Å². The number of rotatable bonds is 2. The van der Waals surface area contributed by atoms with E-state index < -0.39 is 0 Å². The summed E-state index contributed by atoms with van der Waals surface area (Å²) in [6.07, 6.45) is 8.45. The van der Waals surface area contributed by atoms with Gasteiger partial charge in [0.1, 0.15) is 5.78 Å². The van der Waals surface area contributed by atoms with E-state index >= 15 is 0 Å². The largest absolute Gasteiger partial charge is 0.299 e. The van der Waals surface area contributed by atoms with Crippen LogP contribution in [0.1, 0.15) is 19.8 Å². The molecule has 1 saturated carbocycles. The first-order valence-electron chi connectivity index (χ1n) is 4.52. The van der Waals surface area contributed by atoms with Crippen molar-refractivity contribution in [3.8, 4) is 0 Å². The SMILES string of the molecule is C=C[C@@]1(C(C)=O)C[C@H]2C=C[C@@H]1C2. The summed E-state index contributed by atoms with van der Waals surface area (Å²) >= 11 is 0. The molecule has 0 aromatic carbocycles. The molecule has 0 aromatic heterocycles. The Balaban J connectivity index is 2.38. The van der Waals surface area contributed by atoms with Gasteiger partial charge in [-0.1, -0.05) is 18.2 Å². The van der Waals surface area contributed by atoms with Crippen molar-refractivity contribution < 1.29 is 4.79 Å². The number of carbonyl (C=O) groups excluding carboxylic acids is 1. The molecule has 0 N–H and O–H groups in total. The van der Waals surface area contributed by atoms with Crippen LogP contribution in [0.25, 0.3) is 0 Å². The lowest BCUT2D eigenvalue weighted by Gasteiger charge is -2.29. The lowest BCUT2D eigenvalue weighted by molar-refractivity contribution is -0.125. The van der Waals surface area contributed by atoms with Crippen LogP contribution < -0.4 is 0 Å². The Kier molecular flexibility index (Phi) is 1.50. The molecule has 0 saturated heterocycles. The first-order chi connectivity index (χ1) is 5.69. The highest BCUT2D eigenvalue weighted by atomic mass is 16.1. The molecule has 2 aliphatic rings. The zero-order valence-electron chi connectivity index (χ0n) is 7.42. The summed E-state index contributed by atoms with van der Waals surface area (Å²) in [5.74, 6) is 1.36. The van der Waals surface area contributed by atoms with Gasteiger partial charge in [0.25, 0.3) is 0 Å². The normalized spacial score (nSPS) is 43.4. The summed E-state index contributed by atoms with van der Waals surface area (Å²) < 4.78 is 0. The molecular formula is C11H14O. The van der Waals surface area contributed by atoms with Crippen molar-refractivity contribution in [1.82, 2.24) is 0 Å². The Morgan fingerprint density at radius 3 is 2.67 bits per heavy atom. The van der Waals surface area contributed by atoms with Gasteiger partial charge >= 0.3 is 0 Å². The van der Waals surface area contributed by atoms with E-state index in [4.69, 9.17) is 0 Å². The first kappa shape index (κ1) is 7.78. The van der Waals surface area contributed by atoms with Crippen LogP contribution in [0.5, 0.6) is 0 Å². The molecule has 0 unspecified atom stereocenters. The maximum atomic E-state index is 11.5. The molecule has 3 atom stereocenters. The standard InChI is InChI=1S/C11H14O/c1-3-11(8(2)12)7-9-4-5-10(11)6-9/h3-5,9-10H,1,6-7H2,2H3/t9-,10+,11-/m0/s1. The molecule has 2 rings (SSSR count). The molecule has 2 aliphatic carbocycles. The zero-order chi connectivity index (χ0) is 8.77. The van der Waals surface area contributed by atoms with Crippen molar-refractivity contribution in [1.29, 1.82) is 0 Å². The van der Waals surface area contributed by atoms with E-state index in [9.17, 15) is 4.79 Å². The van der Waals surface area contributed by atoms with E-state index in [1.165, 1.54) is 0 Å².